The van der Waals surface area contributed by atoms with Gasteiger partial charge in [-0.3, -0.25) is 29.0 Å². The summed E-state index contributed by atoms with van der Waals surface area (Å²) in [6.45, 7) is 15.4. The van der Waals surface area contributed by atoms with Crippen LogP contribution >= 0.6 is 0 Å². The number of carbonyl (C=O) groups is 6. The van der Waals surface area contributed by atoms with Gasteiger partial charge >= 0.3 is 12.2 Å². The number of aromatic nitrogens is 1. The highest BCUT2D eigenvalue weighted by Gasteiger charge is 2.59. The number of oxazole rings is 1. The Kier molecular flexibility index (Phi) is 11.5. The summed E-state index contributed by atoms with van der Waals surface area (Å²) in [6.07, 6.45) is 4.24. The first-order chi connectivity index (χ1) is 29.5. The Labute approximate surface area is 368 Å². The fourth-order valence-corrected chi connectivity index (χ4v) is 10.1. The number of benzene rings is 2. The van der Waals surface area contributed by atoms with Crippen molar-refractivity contribution in [2.75, 3.05) is 26.2 Å². The van der Waals surface area contributed by atoms with Crippen molar-refractivity contribution < 1.29 is 42.7 Å². The van der Waals surface area contributed by atoms with Crippen LogP contribution in [0.15, 0.2) is 59.1 Å². The molecule has 0 bridgehead atoms. The number of nitrogens with zero attached hydrogens (tertiary/aromatic N) is 5. The molecule has 4 aliphatic rings. The molecule has 63 heavy (non-hydrogen) atoms. The van der Waals surface area contributed by atoms with E-state index in [4.69, 9.17) is 25.4 Å². The second-order valence-electron chi connectivity index (χ2n) is 19.8. The largest absolute Gasteiger partial charge is 0.444 e. The topological polar surface area (TPSA) is 212 Å². The second kappa shape index (κ2) is 16.0. The fourth-order valence-electron chi connectivity index (χ4n) is 10.1. The highest BCUT2D eigenvalue weighted by atomic mass is 16.6. The van der Waals surface area contributed by atoms with Crippen LogP contribution in [-0.2, 0) is 39.7 Å². The maximum atomic E-state index is 14.5. The van der Waals surface area contributed by atoms with Crippen molar-refractivity contribution in [2.45, 2.75) is 140 Å². The van der Waals surface area contributed by atoms with Gasteiger partial charge in [0.1, 0.15) is 33.4 Å². The molecule has 4 fully saturated rings. The zero-order valence-electron chi connectivity index (χ0n) is 37.7. The predicted octanol–water partition coefficient (Wildman–Crippen LogP) is 6.19. The molecule has 6 amide bonds. The Morgan fingerprint density at radius 2 is 0.937 bits per heavy atom. The van der Waals surface area contributed by atoms with Gasteiger partial charge in [-0.05, 0) is 130 Å². The summed E-state index contributed by atoms with van der Waals surface area (Å²) in [7, 11) is 0. The molecule has 2 aromatic carbocycles. The molecular weight excluding hydrogens is 807 g/mol. The molecule has 0 radical (unpaired) electrons. The fraction of sp³-hybridized carbons (Fsp3) is 0.553. The summed E-state index contributed by atoms with van der Waals surface area (Å²) in [6, 6.07) is 14.1. The standard InChI is InChI=1S/C47H61N7O9/c1-42(2,3)62-40(59)53-27-9-21-44(53,7)38(57)51-25-11-23-46(51,36(48)55)32-17-13-30(14-18-32)34-29-50-35(61-34)31-15-19-33(20-16-31)47(37(49)56)24-12-26-52(47)39(58)45(8)22-10-28-54(45)41(60)63-43(4,5)6/h13-20,29H,9-12,21-28H2,1-8H3,(H2,48,55)(H2,49,56)/t44?,45?,46-,47-/m0/s1. The number of likely N-dealkylation sites (tertiary alicyclic amines) is 4. The number of ether oxygens (including phenoxy) is 2. The van der Waals surface area contributed by atoms with Crippen LogP contribution in [0.2, 0.25) is 0 Å². The first kappa shape index (κ1) is 45.1. The molecule has 16 heteroatoms. The smallest absolute Gasteiger partial charge is 0.411 e. The maximum Gasteiger partial charge on any atom is 0.411 e. The average molecular weight is 868 g/mol. The van der Waals surface area contributed by atoms with Gasteiger partial charge < -0.3 is 35.2 Å². The number of nitrogens with two attached hydrogens (primary N) is 2. The molecule has 1 aromatic heterocycles. The van der Waals surface area contributed by atoms with Crippen molar-refractivity contribution in [2.24, 2.45) is 11.5 Å². The lowest BCUT2D eigenvalue weighted by Gasteiger charge is -2.43. The van der Waals surface area contributed by atoms with Crippen LogP contribution in [0.4, 0.5) is 9.59 Å². The minimum Gasteiger partial charge on any atom is -0.444 e. The molecule has 4 atom stereocenters. The van der Waals surface area contributed by atoms with Crippen LogP contribution < -0.4 is 11.5 Å². The zero-order chi connectivity index (χ0) is 45.9. The van der Waals surface area contributed by atoms with E-state index in [1.807, 2.05) is 0 Å². The van der Waals surface area contributed by atoms with Gasteiger partial charge in [0.2, 0.25) is 29.5 Å². The molecular formula is C47H61N7O9. The molecule has 0 saturated carbocycles. The molecule has 7 rings (SSSR count). The van der Waals surface area contributed by atoms with Gasteiger partial charge in [0.15, 0.2) is 5.76 Å². The molecule has 0 aliphatic carbocycles. The van der Waals surface area contributed by atoms with Crippen LogP contribution in [0.5, 0.6) is 0 Å². The molecule has 16 nitrogen and oxygen atoms in total. The van der Waals surface area contributed by atoms with Crippen LogP contribution in [0, 0.1) is 0 Å². The van der Waals surface area contributed by atoms with E-state index in [1.54, 1.807) is 115 Å². The monoisotopic (exact) mass is 867 g/mol. The summed E-state index contributed by atoms with van der Waals surface area (Å²) >= 11 is 0. The number of rotatable bonds is 8. The highest BCUT2D eigenvalue weighted by Crippen LogP contribution is 2.46. The third-order valence-electron chi connectivity index (χ3n) is 13.3. The number of carbonyl (C=O) groups excluding carboxylic acids is 6. The molecule has 4 saturated heterocycles. The van der Waals surface area contributed by atoms with E-state index in [0.717, 1.165) is 0 Å². The molecule has 3 aromatic rings. The third kappa shape index (κ3) is 7.79. The van der Waals surface area contributed by atoms with Crippen molar-refractivity contribution in [1.29, 1.82) is 0 Å². The molecule has 338 valence electrons. The quantitative estimate of drug-likeness (QED) is 0.262. The lowest BCUT2D eigenvalue weighted by atomic mass is 9.84. The minimum absolute atomic E-state index is 0.296. The Hall–Kier alpha value is -5.93. The van der Waals surface area contributed by atoms with Crippen LogP contribution in [0.1, 0.15) is 118 Å². The van der Waals surface area contributed by atoms with Gasteiger partial charge in [-0.1, -0.05) is 36.4 Å². The lowest BCUT2D eigenvalue weighted by molar-refractivity contribution is -0.152. The number of primary amides is 2. The first-order valence-electron chi connectivity index (χ1n) is 21.9. The van der Waals surface area contributed by atoms with Crippen LogP contribution in [0.25, 0.3) is 22.8 Å². The molecule has 2 unspecified atom stereocenters. The van der Waals surface area contributed by atoms with E-state index in [0.29, 0.717) is 111 Å². The average Bonchev–Trinajstić information content (AvgIpc) is 4.06. The van der Waals surface area contributed by atoms with Gasteiger partial charge in [-0.15, -0.1) is 0 Å². The zero-order valence-corrected chi connectivity index (χ0v) is 37.7. The molecule has 4 aliphatic heterocycles. The van der Waals surface area contributed by atoms with Crippen LogP contribution in [0.3, 0.4) is 0 Å². The SMILES string of the molecule is CC(C)(C)OC(=O)N1CCCC1(C)C(=O)N1CCC[C@@]1(C(N)=O)c1ccc(-c2cnc(-c3ccc([C@]4(C(N)=O)CCCN4C(=O)C4(C)CCCN4C(=O)OC(C)(C)C)cc3)o2)cc1. The van der Waals surface area contributed by atoms with E-state index >= 15 is 0 Å². The van der Waals surface area contributed by atoms with Gasteiger partial charge in [0, 0.05) is 37.3 Å². The van der Waals surface area contributed by atoms with Crippen molar-refractivity contribution in [3.05, 3.63) is 65.9 Å². The second-order valence-corrected chi connectivity index (χ2v) is 19.8. The molecule has 0 spiro atoms. The number of amides is 6. The van der Waals surface area contributed by atoms with E-state index < -0.39 is 57.4 Å². The van der Waals surface area contributed by atoms with Gasteiger partial charge in [-0.25, -0.2) is 14.6 Å². The van der Waals surface area contributed by atoms with Crippen molar-refractivity contribution >= 4 is 35.8 Å². The lowest BCUT2D eigenvalue weighted by Crippen LogP contribution is -2.62. The minimum atomic E-state index is -1.43. The Balaban J connectivity index is 1.10. The summed E-state index contributed by atoms with van der Waals surface area (Å²) in [5.74, 6) is -1.27. The maximum absolute atomic E-state index is 14.5. The summed E-state index contributed by atoms with van der Waals surface area (Å²) in [5.41, 5.74) is 7.92. The van der Waals surface area contributed by atoms with Crippen LogP contribution in [-0.4, -0.2) is 109 Å². The van der Waals surface area contributed by atoms with E-state index in [2.05, 4.69) is 4.98 Å². The van der Waals surface area contributed by atoms with E-state index in [-0.39, 0.29) is 11.8 Å². The van der Waals surface area contributed by atoms with Crippen molar-refractivity contribution in [1.82, 2.24) is 24.6 Å². The molecule has 4 N–H and O–H groups in total. The highest BCUT2D eigenvalue weighted by molar-refractivity contribution is 5.98. The first-order valence-corrected chi connectivity index (χ1v) is 21.9. The Bertz CT molecular complexity index is 2140. The number of hydrogen-bond donors (Lipinski definition) is 2. The number of hydrogen-bond acceptors (Lipinski definition) is 10. The summed E-state index contributed by atoms with van der Waals surface area (Å²) < 4.78 is 17.5. The van der Waals surface area contributed by atoms with Gasteiger partial charge in [0.25, 0.3) is 0 Å². The third-order valence-corrected chi connectivity index (χ3v) is 13.3. The Morgan fingerprint density at radius 1 is 0.571 bits per heavy atom. The predicted molar refractivity (Wildman–Crippen MR) is 232 cm³/mol. The van der Waals surface area contributed by atoms with Gasteiger partial charge in [-0.2, -0.15) is 0 Å². The van der Waals surface area contributed by atoms with Crippen molar-refractivity contribution in [3.8, 4) is 22.8 Å². The molecule has 5 heterocycles. The van der Waals surface area contributed by atoms with E-state index in [9.17, 15) is 28.8 Å². The van der Waals surface area contributed by atoms with Crippen molar-refractivity contribution in [3.63, 3.8) is 0 Å². The van der Waals surface area contributed by atoms with Gasteiger partial charge in [0.05, 0.1) is 6.20 Å². The normalized spacial score (nSPS) is 26.3. The Morgan fingerprint density at radius 3 is 1.32 bits per heavy atom. The summed E-state index contributed by atoms with van der Waals surface area (Å²) in [4.78, 5) is 93.0. The van der Waals surface area contributed by atoms with E-state index in [1.165, 1.54) is 14.7 Å². The summed E-state index contributed by atoms with van der Waals surface area (Å²) in [5, 5.41) is 0.